The highest BCUT2D eigenvalue weighted by molar-refractivity contribution is 6.91. The highest BCUT2D eigenvalue weighted by atomic mass is 28.5. The van der Waals surface area contributed by atoms with Gasteiger partial charge in [-0.1, -0.05) is 48.5 Å². The maximum absolute atomic E-state index is 13.5. The molecular weight excluding hydrogens is 1350 g/mol. The van der Waals surface area contributed by atoms with Gasteiger partial charge in [-0.15, -0.1) is 0 Å². The molecule has 2 aromatic carbocycles. The zero-order valence-corrected chi connectivity index (χ0v) is 67.0. The van der Waals surface area contributed by atoms with Crippen molar-refractivity contribution in [2.75, 3.05) is 52.9 Å². The van der Waals surface area contributed by atoms with Crippen molar-refractivity contribution in [3.63, 3.8) is 0 Å². The summed E-state index contributed by atoms with van der Waals surface area (Å²) in [7, 11) is -22.9. The van der Waals surface area contributed by atoms with Crippen molar-refractivity contribution in [3.8, 4) is 0 Å². The lowest BCUT2D eigenvalue weighted by atomic mass is 10.1. The molecule has 0 aromatic heterocycles. The van der Waals surface area contributed by atoms with Crippen molar-refractivity contribution in [2.45, 2.75) is 258 Å². The summed E-state index contributed by atoms with van der Waals surface area (Å²) in [6, 6.07) is 16.4. The summed E-state index contributed by atoms with van der Waals surface area (Å²) in [6.07, 6.45) is -11.5. The molecular formula is C60H118F6O18Si8. The van der Waals surface area contributed by atoms with E-state index in [0.29, 0.717) is 39.6 Å². The Bertz CT molecular complexity index is 2140. The summed E-state index contributed by atoms with van der Waals surface area (Å²) >= 11 is 0. The van der Waals surface area contributed by atoms with Crippen molar-refractivity contribution in [2.24, 2.45) is 0 Å². The summed E-state index contributed by atoms with van der Waals surface area (Å²) < 4.78 is 165. The molecule has 2 rings (SSSR count). The van der Waals surface area contributed by atoms with Crippen LogP contribution in [0.3, 0.4) is 0 Å². The molecule has 0 radical (unpaired) electrons. The predicted octanol–water partition coefficient (Wildman–Crippen LogP) is 14.0. The topological polar surface area (TPSA) is 210 Å². The molecule has 0 saturated carbocycles. The van der Waals surface area contributed by atoms with Crippen LogP contribution in [0.2, 0.25) is 116 Å². The van der Waals surface area contributed by atoms with Crippen LogP contribution in [-0.2, 0) is 88.4 Å². The lowest BCUT2D eigenvalue weighted by Gasteiger charge is -2.44. The number of hydrogen-bond donors (Lipinski definition) is 4. The van der Waals surface area contributed by atoms with Gasteiger partial charge in [0.15, 0.2) is 16.6 Å². The van der Waals surface area contributed by atoms with E-state index in [-0.39, 0.29) is 63.9 Å². The third-order valence-electron chi connectivity index (χ3n) is 13.2. The van der Waals surface area contributed by atoms with Crippen molar-refractivity contribution in [1.82, 2.24) is 0 Å². The van der Waals surface area contributed by atoms with Crippen molar-refractivity contribution >= 4 is 68.0 Å². The SMILES string of the molecule is CC(O)COC(C)COCCC[Si](C)(C)O[Si](C)(C)O[Si](C)(CCC(F)(F)F)O[Si](C)(C)O[Si](C)(C)CCCOCC(C)OCC(C)O.CC(O)COCc1ccc(CO[Si](C)(C)O[Si](C)(CCC(F)(F)F)O[Si](C)(C)OCc2ccc(COCC(C)O)cc2)cc1. The maximum atomic E-state index is 13.5. The minimum Gasteiger partial charge on any atom is -0.436 e. The Balaban J connectivity index is 0.000000923. The average Bonchev–Trinajstić information content (AvgIpc) is 0.936. The van der Waals surface area contributed by atoms with Gasteiger partial charge >= 0.3 is 63.7 Å². The van der Waals surface area contributed by atoms with E-state index in [1.54, 1.807) is 40.8 Å². The summed E-state index contributed by atoms with van der Waals surface area (Å²) in [6.45, 7) is 41.2. The minimum atomic E-state index is -4.35. The maximum Gasteiger partial charge on any atom is 0.389 e. The highest BCUT2D eigenvalue weighted by Crippen LogP contribution is 2.36. The molecule has 2 aromatic rings. The van der Waals surface area contributed by atoms with E-state index < -0.39 is 118 Å². The molecule has 0 heterocycles. The van der Waals surface area contributed by atoms with Gasteiger partial charge < -0.3 is 82.4 Å². The Kier molecular flexibility index (Phi) is 40.2. The van der Waals surface area contributed by atoms with E-state index >= 15 is 0 Å². The molecule has 0 spiro atoms. The number of halogens is 6. The first-order valence-corrected chi connectivity index (χ1v) is 54.6. The third kappa shape index (κ3) is 47.1. The van der Waals surface area contributed by atoms with Crippen molar-refractivity contribution in [3.05, 3.63) is 70.8 Å². The fraction of sp³-hybridized carbons (Fsp3) is 0.800. The zero-order valence-electron chi connectivity index (χ0n) is 59.0. The second kappa shape index (κ2) is 41.6. The molecule has 0 aliphatic heterocycles. The summed E-state index contributed by atoms with van der Waals surface area (Å²) in [4.78, 5) is 0. The van der Waals surface area contributed by atoms with Crippen LogP contribution in [-0.4, -0.2) is 190 Å². The zero-order chi connectivity index (χ0) is 70.5. The molecule has 0 bridgehead atoms. The van der Waals surface area contributed by atoms with Crippen LogP contribution in [0, 0.1) is 0 Å². The van der Waals surface area contributed by atoms with E-state index in [9.17, 15) is 46.8 Å². The number of alkyl halides is 6. The van der Waals surface area contributed by atoms with E-state index in [0.717, 1.165) is 47.2 Å². The number of rotatable bonds is 48. The quantitative estimate of drug-likeness (QED) is 0.0276. The van der Waals surface area contributed by atoms with Crippen LogP contribution >= 0.6 is 0 Å². The Labute approximate surface area is 556 Å². The normalized spacial score (nSPS) is 16.7. The lowest BCUT2D eigenvalue weighted by molar-refractivity contribution is -0.132. The molecule has 32 heteroatoms. The van der Waals surface area contributed by atoms with Gasteiger partial charge in [-0.05, 0) is 192 Å². The monoisotopic (exact) mass is 1460 g/mol. The van der Waals surface area contributed by atoms with E-state index in [4.69, 9.17) is 62.0 Å². The largest absolute Gasteiger partial charge is 0.436 e. The Morgan fingerprint density at radius 2 is 0.620 bits per heavy atom. The lowest BCUT2D eigenvalue weighted by Crippen LogP contribution is -2.60. The summed E-state index contributed by atoms with van der Waals surface area (Å²) in [5.74, 6) is 0. The molecule has 4 N–H and O–H groups in total. The summed E-state index contributed by atoms with van der Waals surface area (Å²) in [5.41, 5.74) is 3.69. The second-order valence-electron chi connectivity index (χ2n) is 27.5. The Hall–Kier alpha value is -0.965. The molecule has 540 valence electrons. The van der Waals surface area contributed by atoms with Crippen LogP contribution < -0.4 is 0 Å². The molecule has 0 aliphatic rings. The second-order valence-corrected chi connectivity index (χ2v) is 57.8. The average molecular weight is 1470 g/mol. The molecule has 0 fully saturated rings. The fourth-order valence-electron chi connectivity index (χ4n) is 9.67. The van der Waals surface area contributed by atoms with Gasteiger partial charge in [0.2, 0.25) is 0 Å². The van der Waals surface area contributed by atoms with Gasteiger partial charge in [0.05, 0.1) is 103 Å². The molecule has 0 amide bonds. The van der Waals surface area contributed by atoms with Crippen molar-refractivity contribution < 1.29 is 109 Å². The number of aliphatic hydroxyl groups excluding tert-OH is 4. The molecule has 0 aliphatic carbocycles. The van der Waals surface area contributed by atoms with Gasteiger partial charge in [0.25, 0.3) is 0 Å². The smallest absolute Gasteiger partial charge is 0.389 e. The van der Waals surface area contributed by atoms with Crippen LogP contribution in [0.5, 0.6) is 0 Å². The van der Waals surface area contributed by atoms with E-state index in [1.807, 2.05) is 115 Å². The molecule has 6 unspecified atom stereocenters. The van der Waals surface area contributed by atoms with Gasteiger partial charge in [0.1, 0.15) is 0 Å². The van der Waals surface area contributed by atoms with Gasteiger partial charge in [-0.25, -0.2) is 0 Å². The highest BCUT2D eigenvalue weighted by Gasteiger charge is 2.50. The van der Waals surface area contributed by atoms with Crippen LogP contribution in [0.4, 0.5) is 26.3 Å². The standard InChI is InChI=1S/C30H69F3O10Si5.C30H49F3O8Si3/c1-26(34)22-38-28(3)24-36-17-14-19-44(5,6)40-46(9,10)42-48(13,21-16-30(31,32)33)43-47(11,12)41-45(7,8)20-15-18-37-25-29(4)39-23-27(2)35;1-24(34)18-36-20-26-8-12-28(13-9-26)22-38-42(3,4)40-44(7,17-16-30(31,32)33)41-43(5,6)39-23-29-14-10-27(11-15-29)21-37-19-25(2)35/h26-29,34-35H,14-25H2,1-13H3;8-15,24-25,34-35H,16-23H2,1-7H3. The molecule has 0 saturated heterocycles. The number of aliphatic hydroxyl groups is 4. The first-order valence-electron chi connectivity index (χ1n) is 32.1. The van der Waals surface area contributed by atoms with Gasteiger partial charge in [-0.2, -0.15) is 26.3 Å². The van der Waals surface area contributed by atoms with Crippen molar-refractivity contribution in [1.29, 1.82) is 0 Å². The summed E-state index contributed by atoms with van der Waals surface area (Å²) in [5, 5.41) is 37.4. The van der Waals surface area contributed by atoms with Crippen LogP contribution in [0.25, 0.3) is 0 Å². The third-order valence-corrected chi connectivity index (χ3v) is 43.4. The first-order chi connectivity index (χ1) is 42.0. The van der Waals surface area contributed by atoms with Gasteiger partial charge in [-0.3, -0.25) is 0 Å². The van der Waals surface area contributed by atoms with Crippen LogP contribution in [0.15, 0.2) is 48.5 Å². The molecule has 92 heavy (non-hydrogen) atoms. The Morgan fingerprint density at radius 3 is 0.891 bits per heavy atom. The molecule has 6 atom stereocenters. The first kappa shape index (κ1) is 89.0. The van der Waals surface area contributed by atoms with E-state index in [1.165, 1.54) is 0 Å². The number of benzene rings is 2. The van der Waals surface area contributed by atoms with Crippen LogP contribution in [0.1, 0.15) is 89.5 Å². The number of hydrogen-bond acceptors (Lipinski definition) is 18. The van der Waals surface area contributed by atoms with Gasteiger partial charge in [0, 0.05) is 26.1 Å². The predicted molar refractivity (Wildman–Crippen MR) is 365 cm³/mol. The minimum absolute atomic E-state index is 0.124. The molecule has 18 nitrogen and oxygen atoms in total. The number of ether oxygens (including phenoxy) is 6. The van der Waals surface area contributed by atoms with E-state index in [2.05, 4.69) is 26.2 Å². The fourth-order valence-corrected chi connectivity index (χ4v) is 46.5. The Morgan fingerprint density at radius 1 is 0.348 bits per heavy atom.